The Morgan fingerprint density at radius 1 is 0.564 bits per heavy atom. The fourth-order valence-electron chi connectivity index (χ4n) is 6.20. The zero-order valence-electron chi connectivity index (χ0n) is 21.6. The Morgan fingerprint density at radius 3 is 1.82 bits per heavy atom. The summed E-state index contributed by atoms with van der Waals surface area (Å²) in [6, 6.07) is 44.1. The van der Waals surface area contributed by atoms with Gasteiger partial charge in [0.1, 0.15) is 0 Å². The lowest BCUT2D eigenvalue weighted by molar-refractivity contribution is -0.148. The van der Waals surface area contributed by atoms with Gasteiger partial charge in [0, 0.05) is 22.3 Å². The van der Waals surface area contributed by atoms with Gasteiger partial charge in [-0.2, -0.15) is 0 Å². The summed E-state index contributed by atoms with van der Waals surface area (Å²) in [6.07, 6.45) is 0. The molecule has 0 saturated carbocycles. The monoisotopic (exact) mass is 502 g/mol. The minimum Gasteiger partial charge on any atom is -0.441 e. The second-order valence-corrected chi connectivity index (χ2v) is 10.2. The lowest BCUT2D eigenvalue weighted by Gasteiger charge is -2.35. The zero-order valence-corrected chi connectivity index (χ0v) is 21.6. The molecule has 1 aliphatic carbocycles. The molecule has 7 rings (SSSR count). The minimum absolute atomic E-state index is 0.364. The Kier molecular flexibility index (Phi) is 5.24. The molecule has 6 aromatic carbocycles. The molecule has 1 unspecified atom stereocenters. The molecule has 0 heterocycles. The van der Waals surface area contributed by atoms with Gasteiger partial charge in [0.05, 0.1) is 0 Å². The number of esters is 1. The lowest BCUT2D eigenvalue weighted by atomic mass is 9.78. The molecular formula is C37H26O2. The molecule has 0 N–H and O–H groups in total. The van der Waals surface area contributed by atoms with Crippen molar-refractivity contribution < 1.29 is 9.53 Å². The van der Waals surface area contributed by atoms with Crippen LogP contribution < -0.4 is 0 Å². The van der Waals surface area contributed by atoms with E-state index in [2.05, 4.69) is 110 Å². The molecule has 2 heteroatoms. The number of ether oxygens (including phenoxy) is 1. The van der Waals surface area contributed by atoms with Gasteiger partial charge in [-0.05, 0) is 50.7 Å². The van der Waals surface area contributed by atoms with Crippen LogP contribution in [0.15, 0.2) is 140 Å². The average Bonchev–Trinajstić information content (AvgIpc) is 3.27. The number of fused-ring (bicyclic) bond motifs is 5. The maximum Gasteiger partial charge on any atom is 0.334 e. The van der Waals surface area contributed by atoms with E-state index in [-0.39, 0.29) is 0 Å². The first kappa shape index (κ1) is 23.2. The fraction of sp³-hybridized carbons (Fsp3) is 0.0541. The quantitative estimate of drug-likeness (QED) is 0.178. The van der Waals surface area contributed by atoms with E-state index in [0.29, 0.717) is 5.57 Å². The van der Waals surface area contributed by atoms with Crippen LogP contribution in [-0.4, -0.2) is 5.97 Å². The number of rotatable bonds is 4. The second-order valence-electron chi connectivity index (χ2n) is 10.2. The molecule has 0 radical (unpaired) electrons. The standard InChI is InChI=1S/C37H26O2/c1-24(2)36(38)39-37(33-23-10-15-26-13-4-6-17-28(26)33)34-22-8-7-18-30(34)32-21-11-20-31(35(32)37)29-19-9-14-25-12-3-5-16-27(25)29/h3-23H,1H2,2H3. The van der Waals surface area contributed by atoms with Gasteiger partial charge in [0.15, 0.2) is 5.60 Å². The molecular weight excluding hydrogens is 476 g/mol. The van der Waals surface area contributed by atoms with E-state index >= 15 is 0 Å². The molecule has 0 aromatic heterocycles. The van der Waals surface area contributed by atoms with Gasteiger partial charge in [-0.3, -0.25) is 0 Å². The Morgan fingerprint density at radius 2 is 1.05 bits per heavy atom. The summed E-state index contributed by atoms with van der Waals surface area (Å²) in [5.74, 6) is -0.418. The lowest BCUT2D eigenvalue weighted by Crippen LogP contribution is -2.34. The van der Waals surface area contributed by atoms with E-state index in [1.165, 1.54) is 0 Å². The smallest absolute Gasteiger partial charge is 0.334 e. The molecule has 2 nitrogen and oxygen atoms in total. The van der Waals surface area contributed by atoms with E-state index < -0.39 is 11.6 Å². The molecule has 39 heavy (non-hydrogen) atoms. The minimum atomic E-state index is -1.17. The third-order valence-corrected chi connectivity index (χ3v) is 7.86. The van der Waals surface area contributed by atoms with Crippen LogP contribution in [0.25, 0.3) is 43.8 Å². The first-order valence-corrected chi connectivity index (χ1v) is 13.2. The van der Waals surface area contributed by atoms with Crippen molar-refractivity contribution in [3.63, 3.8) is 0 Å². The Labute approximate surface area is 227 Å². The highest BCUT2D eigenvalue weighted by atomic mass is 16.6. The predicted octanol–water partition coefficient (Wildman–Crippen LogP) is 9.05. The normalized spacial score (nSPS) is 15.6. The summed E-state index contributed by atoms with van der Waals surface area (Å²) in [7, 11) is 0. The van der Waals surface area contributed by atoms with Crippen LogP contribution in [-0.2, 0) is 15.1 Å². The number of benzene rings is 6. The van der Waals surface area contributed by atoms with Crippen molar-refractivity contribution >= 4 is 27.5 Å². The Bertz CT molecular complexity index is 1940. The van der Waals surface area contributed by atoms with E-state index in [9.17, 15) is 4.79 Å². The molecule has 0 fully saturated rings. The molecule has 186 valence electrons. The van der Waals surface area contributed by atoms with E-state index in [0.717, 1.165) is 60.5 Å². The molecule has 0 amide bonds. The van der Waals surface area contributed by atoms with Gasteiger partial charge < -0.3 is 4.74 Å². The first-order valence-electron chi connectivity index (χ1n) is 13.2. The summed E-state index contributed by atoms with van der Waals surface area (Å²) in [6.45, 7) is 5.65. The van der Waals surface area contributed by atoms with Crippen LogP contribution in [0.2, 0.25) is 0 Å². The summed E-state index contributed by atoms with van der Waals surface area (Å²) < 4.78 is 6.74. The topological polar surface area (TPSA) is 26.3 Å². The van der Waals surface area contributed by atoms with Crippen LogP contribution in [0, 0.1) is 0 Å². The van der Waals surface area contributed by atoms with Gasteiger partial charge in [-0.25, -0.2) is 4.79 Å². The number of carbonyl (C=O) groups is 1. The zero-order chi connectivity index (χ0) is 26.6. The van der Waals surface area contributed by atoms with Crippen LogP contribution in [0.1, 0.15) is 23.6 Å². The highest BCUT2D eigenvalue weighted by Gasteiger charge is 2.50. The van der Waals surface area contributed by atoms with Gasteiger partial charge in [0.2, 0.25) is 0 Å². The SMILES string of the molecule is C=C(C)C(=O)OC1(c2cccc3ccccc23)c2ccccc2-c2cccc(-c3cccc4ccccc34)c21. The van der Waals surface area contributed by atoms with Crippen molar-refractivity contribution in [3.05, 3.63) is 156 Å². The van der Waals surface area contributed by atoms with Crippen LogP contribution in [0.5, 0.6) is 0 Å². The van der Waals surface area contributed by atoms with Crippen LogP contribution >= 0.6 is 0 Å². The van der Waals surface area contributed by atoms with Gasteiger partial charge in [-0.1, -0.05) is 134 Å². The number of carbonyl (C=O) groups excluding carboxylic acids is 1. The summed E-state index contributed by atoms with van der Waals surface area (Å²) in [5.41, 5.74) is 6.35. The van der Waals surface area contributed by atoms with E-state index in [1.54, 1.807) is 6.92 Å². The van der Waals surface area contributed by atoms with Crippen molar-refractivity contribution in [1.82, 2.24) is 0 Å². The first-order chi connectivity index (χ1) is 19.1. The predicted molar refractivity (Wildman–Crippen MR) is 160 cm³/mol. The third kappa shape index (κ3) is 3.38. The molecule has 0 spiro atoms. The van der Waals surface area contributed by atoms with E-state index in [1.807, 2.05) is 24.3 Å². The molecule has 6 aromatic rings. The average molecular weight is 503 g/mol. The Balaban J connectivity index is 1.67. The van der Waals surface area contributed by atoms with Crippen LogP contribution in [0.3, 0.4) is 0 Å². The van der Waals surface area contributed by atoms with Gasteiger partial charge in [0.25, 0.3) is 0 Å². The third-order valence-electron chi connectivity index (χ3n) is 7.86. The molecule has 1 atom stereocenters. The summed E-state index contributed by atoms with van der Waals surface area (Å²) >= 11 is 0. The largest absolute Gasteiger partial charge is 0.441 e. The van der Waals surface area contributed by atoms with Crippen molar-refractivity contribution in [2.24, 2.45) is 0 Å². The number of hydrogen-bond donors (Lipinski definition) is 0. The maximum atomic E-state index is 13.6. The van der Waals surface area contributed by atoms with Gasteiger partial charge in [-0.15, -0.1) is 0 Å². The maximum absolute atomic E-state index is 13.6. The van der Waals surface area contributed by atoms with Gasteiger partial charge >= 0.3 is 5.97 Å². The van der Waals surface area contributed by atoms with Crippen molar-refractivity contribution in [3.8, 4) is 22.3 Å². The second kappa shape index (κ2) is 8.82. The van der Waals surface area contributed by atoms with E-state index in [4.69, 9.17) is 4.74 Å². The number of hydrogen-bond acceptors (Lipinski definition) is 2. The summed E-state index contributed by atoms with van der Waals surface area (Å²) in [5, 5.41) is 4.46. The van der Waals surface area contributed by atoms with Crippen LogP contribution in [0.4, 0.5) is 0 Å². The highest BCUT2D eigenvalue weighted by molar-refractivity contribution is 6.02. The Hall–Kier alpha value is -4.95. The summed E-state index contributed by atoms with van der Waals surface area (Å²) in [4.78, 5) is 13.6. The highest BCUT2D eigenvalue weighted by Crippen LogP contribution is 2.57. The fourth-order valence-corrected chi connectivity index (χ4v) is 6.20. The molecule has 0 bridgehead atoms. The van der Waals surface area contributed by atoms with Crippen molar-refractivity contribution in [1.29, 1.82) is 0 Å². The molecule has 0 saturated heterocycles. The molecule has 0 aliphatic heterocycles. The molecule has 1 aliphatic rings. The van der Waals surface area contributed by atoms with Crippen molar-refractivity contribution in [2.75, 3.05) is 0 Å². The van der Waals surface area contributed by atoms with Crippen molar-refractivity contribution in [2.45, 2.75) is 12.5 Å².